The van der Waals surface area contributed by atoms with Crippen LogP contribution in [0.25, 0.3) is 0 Å². The number of ether oxygens (including phenoxy) is 1. The molecule has 1 atom stereocenters. The van der Waals surface area contributed by atoms with Crippen LogP contribution in [-0.4, -0.2) is 44.3 Å². The van der Waals surface area contributed by atoms with Crippen LogP contribution in [0.15, 0.2) is 36.9 Å². The Morgan fingerprint density at radius 2 is 1.92 bits per heavy atom. The van der Waals surface area contributed by atoms with Crippen molar-refractivity contribution in [2.75, 3.05) is 36.9 Å². The number of halogens is 1. The van der Waals surface area contributed by atoms with Gasteiger partial charge in [-0.05, 0) is 24.3 Å². The molecule has 1 unspecified atom stereocenters. The summed E-state index contributed by atoms with van der Waals surface area (Å²) in [5.74, 6) is -0.0718. The third-order valence-corrected chi connectivity index (χ3v) is 3.26. The predicted octanol–water partition coefficient (Wildman–Crippen LogP) is 1.73. The maximum Gasteiger partial charge on any atom is 0.319 e. The fourth-order valence-corrected chi connectivity index (χ4v) is 2.16. The van der Waals surface area contributed by atoms with Crippen molar-refractivity contribution < 1.29 is 14.3 Å². The molecule has 0 aliphatic carbocycles. The number of urea groups is 1. The zero-order valence-corrected chi connectivity index (χ0v) is 14.2. The second-order valence-corrected chi connectivity index (χ2v) is 5.18. The van der Waals surface area contributed by atoms with Gasteiger partial charge in [-0.15, -0.1) is 19.0 Å². The highest BCUT2D eigenvalue weighted by molar-refractivity contribution is 5.92. The number of benzene rings is 1. The summed E-state index contributed by atoms with van der Waals surface area (Å²) in [6.45, 7) is 5.94. The number of hydrogen-bond donors (Lipinski definition) is 4. The molecular formula is C16H23ClN4O3. The van der Waals surface area contributed by atoms with E-state index in [4.69, 9.17) is 4.74 Å². The first kappa shape index (κ1) is 20.0. The van der Waals surface area contributed by atoms with Crippen LogP contribution in [0, 0.1) is 0 Å². The standard InChI is InChI=1S/C16H22N4O3.ClH/c1-2-7-18-16(22)20-13-5-3-12(4-6-13)19-15(21)10-14-11-23-9-8-17-14;/h2-6,14,17H,1,7-11H2,(H,19,21)(H2,18,20,22);1H. The van der Waals surface area contributed by atoms with Crippen molar-refractivity contribution in [1.82, 2.24) is 10.6 Å². The number of amides is 3. The van der Waals surface area contributed by atoms with Crippen LogP contribution in [0.3, 0.4) is 0 Å². The Morgan fingerprint density at radius 3 is 2.50 bits per heavy atom. The van der Waals surface area contributed by atoms with E-state index in [-0.39, 0.29) is 30.4 Å². The fraction of sp³-hybridized carbons (Fsp3) is 0.375. The van der Waals surface area contributed by atoms with Crippen LogP contribution < -0.4 is 21.3 Å². The molecule has 0 aromatic heterocycles. The summed E-state index contributed by atoms with van der Waals surface area (Å²) in [7, 11) is 0. The van der Waals surface area contributed by atoms with Gasteiger partial charge in [-0.3, -0.25) is 4.79 Å². The van der Waals surface area contributed by atoms with Crippen LogP contribution in [0.1, 0.15) is 6.42 Å². The van der Waals surface area contributed by atoms with Gasteiger partial charge in [0, 0.05) is 36.9 Å². The van der Waals surface area contributed by atoms with Crippen LogP contribution in [0.2, 0.25) is 0 Å². The first-order valence-corrected chi connectivity index (χ1v) is 7.54. The number of nitrogens with one attached hydrogen (secondary N) is 4. The number of anilines is 2. The zero-order chi connectivity index (χ0) is 16.5. The first-order chi connectivity index (χ1) is 11.2. The minimum atomic E-state index is -0.301. The van der Waals surface area contributed by atoms with Gasteiger partial charge in [0.05, 0.1) is 13.2 Å². The van der Waals surface area contributed by atoms with E-state index in [0.717, 1.165) is 6.54 Å². The Labute approximate surface area is 147 Å². The van der Waals surface area contributed by atoms with Crippen molar-refractivity contribution in [2.45, 2.75) is 12.5 Å². The van der Waals surface area contributed by atoms with E-state index in [1.54, 1.807) is 30.3 Å². The molecule has 24 heavy (non-hydrogen) atoms. The lowest BCUT2D eigenvalue weighted by Gasteiger charge is -2.23. The van der Waals surface area contributed by atoms with E-state index < -0.39 is 0 Å². The van der Waals surface area contributed by atoms with Crippen LogP contribution in [0.5, 0.6) is 0 Å². The Balaban J connectivity index is 0.00000288. The summed E-state index contributed by atoms with van der Waals surface area (Å²) < 4.78 is 5.32. The normalized spacial score (nSPS) is 16.4. The second-order valence-electron chi connectivity index (χ2n) is 5.18. The Hall–Kier alpha value is -2.09. The summed E-state index contributed by atoms with van der Waals surface area (Å²) in [5.41, 5.74) is 1.33. The molecule has 1 aliphatic rings. The maximum absolute atomic E-state index is 12.0. The van der Waals surface area contributed by atoms with Crippen LogP contribution >= 0.6 is 12.4 Å². The summed E-state index contributed by atoms with van der Waals surface area (Å²) in [6, 6.07) is 6.69. The quantitative estimate of drug-likeness (QED) is 0.585. The summed E-state index contributed by atoms with van der Waals surface area (Å²) in [5, 5.41) is 11.4. The summed E-state index contributed by atoms with van der Waals surface area (Å²) in [6.07, 6.45) is 1.97. The third kappa shape index (κ3) is 6.99. The zero-order valence-electron chi connectivity index (χ0n) is 13.3. The average Bonchev–Trinajstić information content (AvgIpc) is 2.55. The van der Waals surface area contributed by atoms with Gasteiger partial charge in [0.2, 0.25) is 5.91 Å². The summed E-state index contributed by atoms with van der Waals surface area (Å²) in [4.78, 5) is 23.5. The Morgan fingerprint density at radius 1 is 1.25 bits per heavy atom. The second kappa shape index (κ2) is 10.6. The lowest BCUT2D eigenvalue weighted by Crippen LogP contribution is -2.43. The van der Waals surface area contributed by atoms with E-state index >= 15 is 0 Å². The summed E-state index contributed by atoms with van der Waals surface area (Å²) >= 11 is 0. The van der Waals surface area contributed by atoms with E-state index in [9.17, 15) is 9.59 Å². The molecule has 1 aliphatic heterocycles. The highest BCUT2D eigenvalue weighted by Crippen LogP contribution is 2.14. The van der Waals surface area contributed by atoms with Crippen LogP contribution in [0.4, 0.5) is 16.2 Å². The molecule has 132 valence electrons. The number of carbonyl (C=O) groups excluding carboxylic acids is 2. The fourth-order valence-electron chi connectivity index (χ4n) is 2.16. The topological polar surface area (TPSA) is 91.5 Å². The number of rotatable bonds is 6. The van der Waals surface area contributed by atoms with Gasteiger partial charge >= 0.3 is 6.03 Å². The van der Waals surface area contributed by atoms with E-state index in [2.05, 4.69) is 27.8 Å². The molecule has 8 heteroatoms. The predicted molar refractivity (Wildman–Crippen MR) is 96.8 cm³/mol. The maximum atomic E-state index is 12.0. The van der Waals surface area contributed by atoms with E-state index in [1.807, 2.05) is 0 Å². The van der Waals surface area contributed by atoms with Gasteiger partial charge in [-0.1, -0.05) is 6.08 Å². The minimum absolute atomic E-state index is 0. The highest BCUT2D eigenvalue weighted by Gasteiger charge is 2.16. The van der Waals surface area contributed by atoms with Crippen molar-refractivity contribution >= 4 is 35.7 Å². The third-order valence-electron chi connectivity index (χ3n) is 3.26. The molecule has 1 heterocycles. The molecule has 1 aromatic carbocycles. The number of carbonyl (C=O) groups is 2. The van der Waals surface area contributed by atoms with Gasteiger partial charge in [0.25, 0.3) is 0 Å². The van der Waals surface area contributed by atoms with Crippen molar-refractivity contribution in [3.63, 3.8) is 0 Å². The molecule has 1 aromatic rings. The molecule has 0 saturated carbocycles. The molecule has 1 fully saturated rings. The number of morpholine rings is 1. The van der Waals surface area contributed by atoms with Gasteiger partial charge in [-0.25, -0.2) is 4.79 Å². The first-order valence-electron chi connectivity index (χ1n) is 7.54. The van der Waals surface area contributed by atoms with Crippen molar-refractivity contribution in [3.05, 3.63) is 36.9 Å². The largest absolute Gasteiger partial charge is 0.378 e. The molecule has 0 radical (unpaired) electrons. The molecule has 3 amide bonds. The molecule has 0 spiro atoms. The molecule has 2 rings (SSSR count). The lowest BCUT2D eigenvalue weighted by atomic mass is 10.2. The highest BCUT2D eigenvalue weighted by atomic mass is 35.5. The molecule has 7 nitrogen and oxygen atoms in total. The Kier molecular flexibility index (Phi) is 8.85. The molecule has 4 N–H and O–H groups in total. The van der Waals surface area contributed by atoms with Gasteiger partial charge in [0.1, 0.15) is 0 Å². The van der Waals surface area contributed by atoms with Crippen molar-refractivity contribution in [2.24, 2.45) is 0 Å². The number of hydrogen-bond acceptors (Lipinski definition) is 4. The minimum Gasteiger partial charge on any atom is -0.378 e. The Bertz CT molecular complexity index is 545. The molecular weight excluding hydrogens is 332 g/mol. The molecule has 1 saturated heterocycles. The van der Waals surface area contributed by atoms with Crippen LogP contribution in [-0.2, 0) is 9.53 Å². The van der Waals surface area contributed by atoms with Crippen molar-refractivity contribution in [1.29, 1.82) is 0 Å². The smallest absolute Gasteiger partial charge is 0.319 e. The average molecular weight is 355 g/mol. The van der Waals surface area contributed by atoms with Crippen molar-refractivity contribution in [3.8, 4) is 0 Å². The lowest BCUT2D eigenvalue weighted by molar-refractivity contribution is -0.117. The van der Waals surface area contributed by atoms with Gasteiger partial charge in [-0.2, -0.15) is 0 Å². The molecule has 0 bridgehead atoms. The SMILES string of the molecule is C=CCNC(=O)Nc1ccc(NC(=O)CC2COCCN2)cc1.Cl. The van der Waals surface area contributed by atoms with Gasteiger partial charge in [0.15, 0.2) is 0 Å². The van der Waals surface area contributed by atoms with E-state index in [0.29, 0.717) is 37.6 Å². The monoisotopic (exact) mass is 354 g/mol. The van der Waals surface area contributed by atoms with Gasteiger partial charge < -0.3 is 26.0 Å². The van der Waals surface area contributed by atoms with E-state index in [1.165, 1.54) is 0 Å².